The molecule has 1 saturated carbocycles. The van der Waals surface area contributed by atoms with E-state index >= 15 is 0 Å². The van der Waals surface area contributed by atoms with Crippen molar-refractivity contribution in [2.75, 3.05) is 7.05 Å². The van der Waals surface area contributed by atoms with Crippen molar-refractivity contribution in [2.24, 2.45) is 11.0 Å². The molecule has 0 unspecified atom stereocenters. The molecule has 0 aromatic heterocycles. The summed E-state index contributed by atoms with van der Waals surface area (Å²) in [6.45, 7) is 2.34. The van der Waals surface area contributed by atoms with E-state index in [-0.39, 0.29) is 0 Å². The second-order valence-electron chi connectivity index (χ2n) is 4.20. The van der Waals surface area contributed by atoms with Gasteiger partial charge in [-0.2, -0.15) is 0 Å². The second-order valence-corrected chi connectivity index (χ2v) is 4.20. The largest absolute Gasteiger partial charge is 0.281 e. The Bertz CT molecular complexity index is 196. The van der Waals surface area contributed by atoms with Crippen molar-refractivity contribution in [3.63, 3.8) is 0 Å². The number of hydrogen-bond acceptors (Lipinski definition) is 4. The Morgan fingerprint density at radius 1 is 1.31 bits per heavy atom. The molecule has 1 heterocycles. The number of hydrogen-bond donors (Lipinski definition) is 1. The highest BCUT2D eigenvalue weighted by Crippen LogP contribution is 2.26. The molecule has 0 saturated heterocycles. The van der Waals surface area contributed by atoms with Gasteiger partial charge in [-0.15, -0.1) is 10.6 Å². The monoisotopic (exact) mass is 182 g/mol. The summed E-state index contributed by atoms with van der Waals surface area (Å²) in [5.74, 6) is 0.903. The maximum atomic E-state index is 4.29. The minimum atomic E-state index is 0.595. The van der Waals surface area contributed by atoms with Crippen molar-refractivity contribution in [1.29, 1.82) is 0 Å². The van der Waals surface area contributed by atoms with E-state index in [0.717, 1.165) is 5.92 Å². The van der Waals surface area contributed by atoms with Crippen LogP contribution in [0.5, 0.6) is 0 Å². The standard InChI is InChI=1S/C9H18N4/c1-8-3-5-9(6-4-8)13-10-7-12(2)11-13/h7-9,11H,3-6H2,1-2H3. The first-order valence-corrected chi connectivity index (χ1v) is 5.08. The average molecular weight is 182 g/mol. The summed E-state index contributed by atoms with van der Waals surface area (Å²) in [6.07, 6.45) is 7.01. The summed E-state index contributed by atoms with van der Waals surface area (Å²) in [5, 5.41) is 8.17. The van der Waals surface area contributed by atoms with Gasteiger partial charge in [0.2, 0.25) is 0 Å². The minimum absolute atomic E-state index is 0.595. The van der Waals surface area contributed by atoms with Crippen molar-refractivity contribution >= 4 is 6.34 Å². The molecule has 0 aromatic carbocycles. The topological polar surface area (TPSA) is 30.9 Å². The Balaban J connectivity index is 1.85. The summed E-state index contributed by atoms with van der Waals surface area (Å²) >= 11 is 0. The minimum Gasteiger partial charge on any atom is -0.281 e. The van der Waals surface area contributed by atoms with Crippen LogP contribution in [0.2, 0.25) is 0 Å². The summed E-state index contributed by atoms with van der Waals surface area (Å²) in [7, 11) is 1.97. The summed E-state index contributed by atoms with van der Waals surface area (Å²) in [5.41, 5.74) is 3.18. The van der Waals surface area contributed by atoms with Gasteiger partial charge in [-0.05, 0) is 31.6 Å². The number of nitrogens with one attached hydrogen (secondary N) is 1. The van der Waals surface area contributed by atoms with Gasteiger partial charge >= 0.3 is 0 Å². The molecule has 74 valence electrons. The van der Waals surface area contributed by atoms with Crippen LogP contribution in [0.4, 0.5) is 0 Å². The van der Waals surface area contributed by atoms with Gasteiger partial charge in [-0.1, -0.05) is 6.92 Å². The van der Waals surface area contributed by atoms with Gasteiger partial charge in [0, 0.05) is 7.05 Å². The molecule has 1 aliphatic carbocycles. The van der Waals surface area contributed by atoms with E-state index in [2.05, 4.69) is 17.6 Å². The third kappa shape index (κ3) is 1.94. The molecular weight excluding hydrogens is 164 g/mol. The van der Waals surface area contributed by atoms with Crippen LogP contribution in [0.15, 0.2) is 5.10 Å². The van der Waals surface area contributed by atoms with Crippen molar-refractivity contribution in [3.05, 3.63) is 0 Å². The predicted molar refractivity (Wildman–Crippen MR) is 52.6 cm³/mol. The van der Waals surface area contributed by atoms with E-state index in [9.17, 15) is 0 Å². The van der Waals surface area contributed by atoms with Gasteiger partial charge in [0.1, 0.15) is 6.34 Å². The zero-order chi connectivity index (χ0) is 9.26. The first-order chi connectivity index (χ1) is 6.25. The highest BCUT2D eigenvalue weighted by atomic mass is 15.9. The lowest BCUT2D eigenvalue weighted by molar-refractivity contribution is 0.0528. The van der Waals surface area contributed by atoms with Crippen LogP contribution in [-0.2, 0) is 0 Å². The van der Waals surface area contributed by atoms with Crippen LogP contribution in [0, 0.1) is 5.92 Å². The molecule has 0 amide bonds. The fraction of sp³-hybridized carbons (Fsp3) is 0.889. The van der Waals surface area contributed by atoms with Crippen LogP contribution in [0.3, 0.4) is 0 Å². The Morgan fingerprint density at radius 2 is 2.00 bits per heavy atom. The quantitative estimate of drug-likeness (QED) is 0.660. The van der Waals surface area contributed by atoms with Crippen molar-refractivity contribution in [1.82, 2.24) is 15.7 Å². The van der Waals surface area contributed by atoms with Crippen molar-refractivity contribution < 1.29 is 0 Å². The molecule has 1 fully saturated rings. The Hall–Kier alpha value is -0.770. The number of hydrazone groups is 1. The lowest BCUT2D eigenvalue weighted by atomic mass is 9.87. The van der Waals surface area contributed by atoms with Crippen LogP contribution < -0.4 is 5.53 Å². The molecule has 2 rings (SSSR count). The smallest absolute Gasteiger partial charge is 0.128 e. The van der Waals surface area contributed by atoms with E-state index in [1.165, 1.54) is 25.7 Å². The SMILES string of the molecule is CC1CCC(N2N=CN(C)N2)CC1. The van der Waals surface area contributed by atoms with Gasteiger partial charge in [0.15, 0.2) is 0 Å². The fourth-order valence-electron chi connectivity index (χ4n) is 2.01. The molecule has 1 N–H and O–H groups in total. The summed E-state index contributed by atoms with van der Waals surface area (Å²) < 4.78 is 0. The zero-order valence-corrected chi connectivity index (χ0v) is 8.40. The summed E-state index contributed by atoms with van der Waals surface area (Å²) in [4.78, 5) is 0. The van der Waals surface area contributed by atoms with E-state index in [1.807, 2.05) is 23.5 Å². The van der Waals surface area contributed by atoms with Crippen molar-refractivity contribution in [2.45, 2.75) is 38.6 Å². The molecule has 13 heavy (non-hydrogen) atoms. The van der Waals surface area contributed by atoms with E-state index in [0.29, 0.717) is 6.04 Å². The number of nitrogens with zero attached hydrogens (tertiary/aromatic N) is 3. The third-order valence-corrected chi connectivity index (χ3v) is 2.94. The first kappa shape index (κ1) is 8.81. The lowest BCUT2D eigenvalue weighted by Crippen LogP contribution is -2.45. The molecule has 0 atom stereocenters. The molecule has 0 radical (unpaired) electrons. The molecule has 2 aliphatic rings. The summed E-state index contributed by atoms with van der Waals surface area (Å²) in [6, 6.07) is 0.595. The fourth-order valence-corrected chi connectivity index (χ4v) is 2.01. The maximum Gasteiger partial charge on any atom is 0.128 e. The van der Waals surface area contributed by atoms with Crippen molar-refractivity contribution in [3.8, 4) is 0 Å². The number of hydrazine groups is 2. The van der Waals surface area contributed by atoms with E-state index in [4.69, 9.17) is 0 Å². The van der Waals surface area contributed by atoms with Gasteiger partial charge < -0.3 is 0 Å². The third-order valence-electron chi connectivity index (χ3n) is 2.94. The predicted octanol–water partition coefficient (Wildman–Crippen LogP) is 1.18. The molecule has 1 aliphatic heterocycles. The van der Waals surface area contributed by atoms with Gasteiger partial charge in [0.05, 0.1) is 6.04 Å². The normalized spacial score (nSPS) is 34.3. The lowest BCUT2D eigenvalue weighted by Gasteiger charge is -2.32. The van der Waals surface area contributed by atoms with Gasteiger partial charge in [-0.25, -0.2) is 5.12 Å². The Labute approximate surface area is 79.5 Å². The van der Waals surface area contributed by atoms with Gasteiger partial charge in [0.25, 0.3) is 0 Å². The highest BCUT2D eigenvalue weighted by Gasteiger charge is 2.25. The zero-order valence-electron chi connectivity index (χ0n) is 8.40. The Morgan fingerprint density at radius 3 is 2.54 bits per heavy atom. The van der Waals surface area contributed by atoms with E-state index in [1.54, 1.807) is 0 Å². The molecule has 0 aromatic rings. The van der Waals surface area contributed by atoms with Gasteiger partial charge in [-0.3, -0.25) is 5.01 Å². The Kier molecular flexibility index (Phi) is 2.40. The van der Waals surface area contributed by atoms with Crippen LogP contribution in [0.25, 0.3) is 0 Å². The van der Waals surface area contributed by atoms with E-state index < -0.39 is 0 Å². The molecule has 4 nitrogen and oxygen atoms in total. The second kappa shape index (κ2) is 3.54. The van der Waals surface area contributed by atoms with Crippen LogP contribution >= 0.6 is 0 Å². The average Bonchev–Trinajstić information content (AvgIpc) is 2.53. The first-order valence-electron chi connectivity index (χ1n) is 5.08. The molecule has 0 bridgehead atoms. The maximum absolute atomic E-state index is 4.29. The molecule has 0 spiro atoms. The number of rotatable bonds is 1. The van der Waals surface area contributed by atoms with Crippen LogP contribution in [0.1, 0.15) is 32.6 Å². The van der Waals surface area contributed by atoms with Crippen LogP contribution in [-0.4, -0.2) is 29.6 Å². The molecule has 4 heteroatoms. The molecular formula is C9H18N4. The highest BCUT2D eigenvalue weighted by molar-refractivity contribution is 5.54.